The molecule has 3 aliphatic rings. The van der Waals surface area contributed by atoms with Crippen LogP contribution in [0.25, 0.3) is 0 Å². The van der Waals surface area contributed by atoms with Crippen molar-refractivity contribution in [3.63, 3.8) is 0 Å². The molecule has 5 rings (SSSR count). The van der Waals surface area contributed by atoms with Gasteiger partial charge in [-0.1, -0.05) is 18.2 Å². The minimum Gasteiger partial charge on any atom is -0.353 e. The van der Waals surface area contributed by atoms with Gasteiger partial charge in [-0.15, -0.1) is 0 Å². The number of piperidine rings is 1. The smallest absolute Gasteiger partial charge is 0.243 e. The van der Waals surface area contributed by atoms with Crippen LogP contribution in [0.2, 0.25) is 0 Å². The van der Waals surface area contributed by atoms with Crippen LogP contribution in [-0.4, -0.2) is 47.9 Å². The summed E-state index contributed by atoms with van der Waals surface area (Å²) in [6.07, 6.45) is 0.922. The molecule has 3 fully saturated rings. The van der Waals surface area contributed by atoms with E-state index in [0.29, 0.717) is 18.0 Å². The highest BCUT2D eigenvalue weighted by atomic mass is 32.2. The van der Waals surface area contributed by atoms with Crippen LogP contribution in [0.15, 0.2) is 41.3 Å². The van der Waals surface area contributed by atoms with Crippen molar-refractivity contribution in [1.82, 2.24) is 14.3 Å². The third-order valence-electron chi connectivity index (χ3n) is 4.72. The standard InChI is InChI=1S/C17H20N4O2S/c1-12-8-17(19-13(2)18-12)20-10-14-9-15(11-20)21(14)24(22,23)16-6-4-3-5-7-16/h3-8,14-15H,9-11H2,1-2H3. The first-order valence-electron chi connectivity index (χ1n) is 8.11. The van der Waals surface area contributed by atoms with E-state index in [1.807, 2.05) is 26.0 Å². The Morgan fingerprint density at radius 2 is 1.71 bits per heavy atom. The van der Waals surface area contributed by atoms with Crippen LogP contribution >= 0.6 is 0 Å². The number of aromatic nitrogens is 2. The second-order valence-corrected chi connectivity index (χ2v) is 8.35. The largest absolute Gasteiger partial charge is 0.353 e. The lowest BCUT2D eigenvalue weighted by atomic mass is 9.91. The van der Waals surface area contributed by atoms with Gasteiger partial charge in [-0.05, 0) is 32.4 Å². The first-order valence-corrected chi connectivity index (χ1v) is 9.55. The van der Waals surface area contributed by atoms with Crippen LogP contribution in [0.1, 0.15) is 17.9 Å². The lowest BCUT2D eigenvalue weighted by Gasteiger charge is -2.55. The molecule has 2 atom stereocenters. The van der Waals surface area contributed by atoms with E-state index in [2.05, 4.69) is 14.9 Å². The van der Waals surface area contributed by atoms with Gasteiger partial charge in [-0.3, -0.25) is 0 Å². The summed E-state index contributed by atoms with van der Waals surface area (Å²) in [5.74, 6) is 1.64. The van der Waals surface area contributed by atoms with E-state index < -0.39 is 10.0 Å². The maximum Gasteiger partial charge on any atom is 0.243 e. The van der Waals surface area contributed by atoms with Crippen molar-refractivity contribution >= 4 is 15.8 Å². The molecule has 3 saturated heterocycles. The van der Waals surface area contributed by atoms with Crippen molar-refractivity contribution < 1.29 is 8.42 Å². The summed E-state index contributed by atoms with van der Waals surface area (Å²) in [6, 6.07) is 10.7. The van der Waals surface area contributed by atoms with E-state index in [1.54, 1.807) is 28.6 Å². The number of anilines is 1. The summed E-state index contributed by atoms with van der Waals surface area (Å²) in [7, 11) is -3.41. The molecule has 3 aliphatic heterocycles. The van der Waals surface area contributed by atoms with Gasteiger partial charge in [0.15, 0.2) is 0 Å². The van der Waals surface area contributed by atoms with Crippen LogP contribution in [0.3, 0.4) is 0 Å². The maximum absolute atomic E-state index is 12.9. The van der Waals surface area contributed by atoms with E-state index >= 15 is 0 Å². The predicted octanol–water partition coefficient (Wildman–Crippen LogP) is 1.75. The van der Waals surface area contributed by atoms with Crippen molar-refractivity contribution in [2.45, 2.75) is 37.2 Å². The van der Waals surface area contributed by atoms with Crippen molar-refractivity contribution in [2.24, 2.45) is 0 Å². The van der Waals surface area contributed by atoms with Crippen molar-refractivity contribution in [3.8, 4) is 0 Å². The van der Waals surface area contributed by atoms with E-state index in [-0.39, 0.29) is 12.1 Å². The zero-order chi connectivity index (χ0) is 16.9. The number of nitrogens with zero attached hydrogens (tertiary/aromatic N) is 4. The molecule has 0 N–H and O–H groups in total. The molecule has 2 bridgehead atoms. The molecule has 24 heavy (non-hydrogen) atoms. The molecule has 126 valence electrons. The molecule has 0 saturated carbocycles. The number of benzene rings is 1. The average molecular weight is 344 g/mol. The van der Waals surface area contributed by atoms with Crippen LogP contribution in [0, 0.1) is 13.8 Å². The molecule has 6 nitrogen and oxygen atoms in total. The van der Waals surface area contributed by atoms with E-state index in [4.69, 9.17) is 0 Å². The average Bonchev–Trinajstić information content (AvgIpc) is 2.54. The molecule has 7 heteroatoms. The molecular formula is C17H20N4O2S. The Morgan fingerprint density at radius 1 is 1.04 bits per heavy atom. The van der Waals surface area contributed by atoms with Gasteiger partial charge in [-0.25, -0.2) is 18.4 Å². The number of hydrogen-bond acceptors (Lipinski definition) is 5. The minimum absolute atomic E-state index is 0.0181. The third-order valence-corrected chi connectivity index (χ3v) is 6.74. The first-order chi connectivity index (χ1) is 11.4. The first kappa shape index (κ1) is 15.5. The molecule has 0 amide bonds. The number of hydrogen-bond donors (Lipinski definition) is 0. The summed E-state index contributed by atoms with van der Waals surface area (Å²) in [6.45, 7) is 5.19. The van der Waals surface area contributed by atoms with Crippen LogP contribution < -0.4 is 4.90 Å². The van der Waals surface area contributed by atoms with Gasteiger partial charge < -0.3 is 4.90 Å². The number of piperazine rings is 1. The molecule has 0 spiro atoms. The zero-order valence-corrected chi connectivity index (χ0v) is 14.6. The Balaban J connectivity index is 1.57. The molecule has 0 radical (unpaired) electrons. The Hall–Kier alpha value is -1.99. The summed E-state index contributed by atoms with van der Waals surface area (Å²) in [4.78, 5) is 11.4. The number of rotatable bonds is 3. The highest BCUT2D eigenvalue weighted by Gasteiger charge is 2.51. The molecular weight excluding hydrogens is 324 g/mol. The van der Waals surface area contributed by atoms with Crippen LogP contribution in [-0.2, 0) is 10.0 Å². The van der Waals surface area contributed by atoms with Crippen molar-refractivity contribution in [1.29, 1.82) is 0 Å². The Kier molecular flexibility index (Phi) is 3.58. The fourth-order valence-electron chi connectivity index (χ4n) is 3.73. The highest BCUT2D eigenvalue weighted by Crippen LogP contribution is 2.38. The lowest BCUT2D eigenvalue weighted by molar-refractivity contribution is 0.0874. The molecule has 1 aromatic heterocycles. The second kappa shape index (κ2) is 5.53. The summed E-state index contributed by atoms with van der Waals surface area (Å²) in [5, 5.41) is 0. The lowest BCUT2D eigenvalue weighted by Crippen LogP contribution is -2.70. The topological polar surface area (TPSA) is 66.4 Å². The van der Waals surface area contributed by atoms with Gasteiger partial charge in [0.2, 0.25) is 10.0 Å². The summed E-state index contributed by atoms with van der Waals surface area (Å²) < 4.78 is 27.4. The number of fused-ring (bicyclic) bond motifs is 2. The van der Waals surface area contributed by atoms with E-state index in [9.17, 15) is 8.42 Å². The summed E-state index contributed by atoms with van der Waals surface area (Å²) in [5.41, 5.74) is 0.936. The van der Waals surface area contributed by atoms with Gasteiger partial charge in [0.1, 0.15) is 11.6 Å². The van der Waals surface area contributed by atoms with Gasteiger partial charge in [0, 0.05) is 36.9 Å². The molecule has 4 heterocycles. The maximum atomic E-state index is 12.9. The fraction of sp³-hybridized carbons (Fsp3) is 0.412. The van der Waals surface area contributed by atoms with Gasteiger partial charge in [0.25, 0.3) is 0 Å². The Morgan fingerprint density at radius 3 is 2.33 bits per heavy atom. The van der Waals surface area contributed by atoms with Crippen LogP contribution in [0.5, 0.6) is 0 Å². The molecule has 2 unspecified atom stereocenters. The SMILES string of the molecule is Cc1cc(N2CC3CC(C2)N3S(=O)(=O)c2ccccc2)nc(C)n1. The highest BCUT2D eigenvalue weighted by molar-refractivity contribution is 7.89. The van der Waals surface area contributed by atoms with Gasteiger partial charge in [0.05, 0.1) is 4.90 Å². The van der Waals surface area contributed by atoms with Gasteiger partial charge >= 0.3 is 0 Å². The van der Waals surface area contributed by atoms with E-state index in [1.165, 1.54) is 0 Å². The normalized spacial score (nSPS) is 23.8. The fourth-order valence-corrected chi connectivity index (χ4v) is 5.56. The number of aryl methyl sites for hydroxylation is 2. The Labute approximate surface area is 142 Å². The van der Waals surface area contributed by atoms with Gasteiger partial charge in [-0.2, -0.15) is 4.31 Å². The summed E-state index contributed by atoms with van der Waals surface area (Å²) >= 11 is 0. The molecule has 0 aliphatic carbocycles. The zero-order valence-electron chi connectivity index (χ0n) is 13.8. The monoisotopic (exact) mass is 344 g/mol. The third kappa shape index (κ3) is 2.48. The quantitative estimate of drug-likeness (QED) is 0.849. The van der Waals surface area contributed by atoms with Crippen molar-refractivity contribution in [3.05, 3.63) is 47.9 Å². The Bertz CT molecular complexity index is 837. The number of sulfonamides is 1. The van der Waals surface area contributed by atoms with E-state index in [0.717, 1.165) is 23.8 Å². The predicted molar refractivity (Wildman–Crippen MR) is 91.4 cm³/mol. The van der Waals surface area contributed by atoms with Crippen LogP contribution in [0.4, 0.5) is 5.82 Å². The molecule has 2 aromatic rings. The minimum atomic E-state index is -3.41. The van der Waals surface area contributed by atoms with Crippen molar-refractivity contribution in [2.75, 3.05) is 18.0 Å². The second-order valence-electron chi connectivity index (χ2n) is 6.51. The molecule has 1 aromatic carbocycles.